The minimum Gasteiger partial charge on any atom is -0.319 e. The summed E-state index contributed by atoms with van der Waals surface area (Å²) in [5.41, 5.74) is 3.21. The second-order valence-electron chi connectivity index (χ2n) is 4.40. The summed E-state index contributed by atoms with van der Waals surface area (Å²) in [6.45, 7) is 1.99. The first-order valence-electron chi connectivity index (χ1n) is 6.04. The average Bonchev–Trinajstić information content (AvgIpc) is 2.89. The molecule has 1 aromatic carbocycles. The minimum atomic E-state index is -0.129. The molecule has 0 spiro atoms. The number of fused-ring (bicyclic) bond motifs is 1. The van der Waals surface area contributed by atoms with Crippen LogP contribution in [0.25, 0.3) is 5.65 Å². The number of amides is 1. The van der Waals surface area contributed by atoms with Gasteiger partial charge in [-0.05, 0) is 31.2 Å². The van der Waals surface area contributed by atoms with Crippen molar-refractivity contribution in [1.82, 2.24) is 9.38 Å². The van der Waals surface area contributed by atoms with E-state index in [1.807, 2.05) is 60.1 Å². The van der Waals surface area contributed by atoms with E-state index in [1.54, 1.807) is 6.20 Å². The van der Waals surface area contributed by atoms with Crippen molar-refractivity contribution in [3.8, 4) is 0 Å². The largest absolute Gasteiger partial charge is 0.319 e. The van der Waals surface area contributed by atoms with E-state index in [2.05, 4.69) is 10.3 Å². The van der Waals surface area contributed by atoms with Gasteiger partial charge >= 0.3 is 0 Å². The van der Waals surface area contributed by atoms with E-state index in [0.717, 1.165) is 11.2 Å². The molecule has 1 N–H and O–H groups in total. The summed E-state index contributed by atoms with van der Waals surface area (Å²) in [4.78, 5) is 16.4. The summed E-state index contributed by atoms with van der Waals surface area (Å²) in [7, 11) is 0. The number of imidazole rings is 1. The number of nitrogens with zero attached hydrogens (tertiary/aromatic N) is 2. The molecule has 0 fully saturated rings. The van der Waals surface area contributed by atoms with Gasteiger partial charge in [0.2, 0.25) is 0 Å². The third-order valence-corrected chi connectivity index (χ3v) is 2.98. The van der Waals surface area contributed by atoms with Crippen molar-refractivity contribution in [1.29, 1.82) is 0 Å². The Hall–Kier alpha value is -2.62. The van der Waals surface area contributed by atoms with Gasteiger partial charge in [0.05, 0.1) is 5.69 Å². The molecule has 0 saturated carbocycles. The lowest BCUT2D eigenvalue weighted by Gasteiger charge is -2.06. The molecule has 1 amide bonds. The van der Waals surface area contributed by atoms with Crippen molar-refractivity contribution in [2.45, 2.75) is 6.92 Å². The molecule has 4 heteroatoms. The maximum atomic E-state index is 12.1. The van der Waals surface area contributed by atoms with Crippen LogP contribution in [0, 0.1) is 6.92 Å². The molecule has 2 aromatic heterocycles. The fourth-order valence-corrected chi connectivity index (χ4v) is 1.95. The molecular formula is C15H13N3O. The molecule has 0 radical (unpaired) electrons. The molecule has 94 valence electrons. The fourth-order valence-electron chi connectivity index (χ4n) is 1.95. The van der Waals surface area contributed by atoms with E-state index in [4.69, 9.17) is 0 Å². The van der Waals surface area contributed by atoms with E-state index >= 15 is 0 Å². The zero-order chi connectivity index (χ0) is 13.2. The molecule has 0 unspecified atom stereocenters. The number of hydrogen-bond donors (Lipinski definition) is 1. The molecular weight excluding hydrogens is 238 g/mol. The van der Waals surface area contributed by atoms with Crippen molar-refractivity contribution in [3.05, 3.63) is 66.1 Å². The summed E-state index contributed by atoms with van der Waals surface area (Å²) >= 11 is 0. The molecule has 2 heterocycles. The van der Waals surface area contributed by atoms with Gasteiger partial charge in [0, 0.05) is 24.2 Å². The molecule has 3 aromatic rings. The first-order valence-corrected chi connectivity index (χ1v) is 6.04. The Morgan fingerprint density at radius 1 is 1.16 bits per heavy atom. The molecule has 4 nitrogen and oxygen atoms in total. The predicted molar refractivity (Wildman–Crippen MR) is 74.3 cm³/mol. The topological polar surface area (TPSA) is 46.4 Å². The van der Waals surface area contributed by atoms with Crippen molar-refractivity contribution in [2.24, 2.45) is 0 Å². The first-order chi connectivity index (χ1) is 9.24. The molecule has 0 atom stereocenters. The SMILES string of the molecule is Cc1ccc(C(=O)Nc2cccn3ccnc23)cc1. The van der Waals surface area contributed by atoms with Crippen molar-refractivity contribution in [3.63, 3.8) is 0 Å². The number of anilines is 1. The third-order valence-electron chi connectivity index (χ3n) is 2.98. The van der Waals surface area contributed by atoms with E-state index in [-0.39, 0.29) is 5.91 Å². The maximum Gasteiger partial charge on any atom is 0.255 e. The van der Waals surface area contributed by atoms with E-state index in [1.165, 1.54) is 0 Å². The van der Waals surface area contributed by atoms with Gasteiger partial charge in [-0.3, -0.25) is 4.79 Å². The second kappa shape index (κ2) is 4.57. The summed E-state index contributed by atoms with van der Waals surface area (Å²) in [6, 6.07) is 11.2. The van der Waals surface area contributed by atoms with Gasteiger partial charge in [0.1, 0.15) is 0 Å². The average molecular weight is 251 g/mol. The van der Waals surface area contributed by atoms with Gasteiger partial charge in [-0.25, -0.2) is 4.98 Å². The standard InChI is InChI=1S/C15H13N3O/c1-11-4-6-12(7-5-11)15(19)17-13-3-2-9-18-10-8-16-14(13)18/h2-10H,1H3,(H,17,19). The Morgan fingerprint density at radius 3 is 2.74 bits per heavy atom. The Kier molecular flexibility index (Phi) is 2.76. The molecule has 0 bridgehead atoms. The monoisotopic (exact) mass is 251 g/mol. The summed E-state index contributed by atoms with van der Waals surface area (Å²) in [5.74, 6) is -0.129. The summed E-state index contributed by atoms with van der Waals surface area (Å²) < 4.78 is 1.87. The molecule has 0 aliphatic carbocycles. The second-order valence-corrected chi connectivity index (χ2v) is 4.40. The quantitative estimate of drug-likeness (QED) is 0.761. The van der Waals surface area contributed by atoms with Crippen molar-refractivity contribution < 1.29 is 4.79 Å². The zero-order valence-corrected chi connectivity index (χ0v) is 10.5. The van der Waals surface area contributed by atoms with Crippen LogP contribution < -0.4 is 5.32 Å². The van der Waals surface area contributed by atoms with Crippen LogP contribution in [0.5, 0.6) is 0 Å². The van der Waals surface area contributed by atoms with Crippen molar-refractivity contribution in [2.75, 3.05) is 5.32 Å². The smallest absolute Gasteiger partial charge is 0.255 e. The lowest BCUT2D eigenvalue weighted by atomic mass is 10.1. The lowest BCUT2D eigenvalue weighted by molar-refractivity contribution is 0.102. The van der Waals surface area contributed by atoms with Crippen LogP contribution in [0.4, 0.5) is 5.69 Å². The van der Waals surface area contributed by atoms with Crippen LogP contribution in [0.3, 0.4) is 0 Å². The zero-order valence-electron chi connectivity index (χ0n) is 10.5. The number of carbonyl (C=O) groups excluding carboxylic acids is 1. The van der Waals surface area contributed by atoms with Crippen molar-refractivity contribution >= 4 is 17.2 Å². The number of aromatic nitrogens is 2. The maximum absolute atomic E-state index is 12.1. The Morgan fingerprint density at radius 2 is 1.95 bits per heavy atom. The van der Waals surface area contributed by atoms with Gasteiger partial charge in [-0.15, -0.1) is 0 Å². The highest BCUT2D eigenvalue weighted by Crippen LogP contribution is 2.15. The number of pyridine rings is 1. The number of carbonyl (C=O) groups is 1. The normalized spacial score (nSPS) is 10.6. The van der Waals surface area contributed by atoms with Crippen LogP contribution in [0.15, 0.2) is 55.0 Å². The van der Waals surface area contributed by atoms with Crippen LogP contribution >= 0.6 is 0 Å². The summed E-state index contributed by atoms with van der Waals surface area (Å²) in [5, 5.41) is 2.88. The number of nitrogens with one attached hydrogen (secondary N) is 1. The van der Waals surface area contributed by atoms with Gasteiger partial charge < -0.3 is 9.72 Å². The van der Waals surface area contributed by atoms with Crippen LogP contribution in [-0.4, -0.2) is 15.3 Å². The van der Waals surface area contributed by atoms with Gasteiger partial charge in [0.15, 0.2) is 5.65 Å². The van der Waals surface area contributed by atoms with E-state index in [0.29, 0.717) is 11.3 Å². The predicted octanol–water partition coefficient (Wildman–Crippen LogP) is 2.90. The molecule has 3 rings (SSSR count). The Labute approximate surface area is 110 Å². The first kappa shape index (κ1) is 11.5. The molecule has 0 aliphatic rings. The summed E-state index contributed by atoms with van der Waals surface area (Å²) in [6.07, 6.45) is 5.44. The molecule has 19 heavy (non-hydrogen) atoms. The van der Waals surface area contributed by atoms with Crippen LogP contribution in [0.2, 0.25) is 0 Å². The van der Waals surface area contributed by atoms with Crippen LogP contribution in [-0.2, 0) is 0 Å². The van der Waals surface area contributed by atoms with Gasteiger partial charge in [0.25, 0.3) is 5.91 Å². The molecule has 0 saturated heterocycles. The van der Waals surface area contributed by atoms with Crippen LogP contribution in [0.1, 0.15) is 15.9 Å². The molecule has 0 aliphatic heterocycles. The Balaban J connectivity index is 1.90. The minimum absolute atomic E-state index is 0.129. The van der Waals surface area contributed by atoms with E-state index in [9.17, 15) is 4.79 Å². The number of rotatable bonds is 2. The number of hydrogen-bond acceptors (Lipinski definition) is 2. The Bertz CT molecular complexity index is 728. The number of benzene rings is 1. The number of aryl methyl sites for hydroxylation is 1. The highest BCUT2D eigenvalue weighted by atomic mass is 16.1. The highest BCUT2D eigenvalue weighted by Gasteiger charge is 2.08. The van der Waals surface area contributed by atoms with E-state index < -0.39 is 0 Å². The fraction of sp³-hybridized carbons (Fsp3) is 0.0667. The lowest BCUT2D eigenvalue weighted by Crippen LogP contribution is -2.12. The third kappa shape index (κ3) is 2.20. The van der Waals surface area contributed by atoms with Gasteiger partial charge in [-0.2, -0.15) is 0 Å². The highest BCUT2D eigenvalue weighted by molar-refractivity contribution is 6.05. The van der Waals surface area contributed by atoms with Gasteiger partial charge in [-0.1, -0.05) is 17.7 Å².